The Morgan fingerprint density at radius 1 is 1.57 bits per heavy atom. The Kier molecular flexibility index (Phi) is 5.51. The Hall–Kier alpha value is -1.22. The van der Waals surface area contributed by atoms with Crippen molar-refractivity contribution in [2.24, 2.45) is 0 Å². The van der Waals surface area contributed by atoms with Gasteiger partial charge in [-0.2, -0.15) is 0 Å². The van der Waals surface area contributed by atoms with Gasteiger partial charge in [0.1, 0.15) is 0 Å². The van der Waals surface area contributed by atoms with E-state index in [4.69, 9.17) is 9.84 Å². The molecule has 1 unspecified atom stereocenters. The fourth-order valence-corrected chi connectivity index (χ4v) is 3.51. The molecule has 0 spiro atoms. The Labute approximate surface area is 126 Å². The minimum Gasteiger partial charge on any atom is -0.394 e. The summed E-state index contributed by atoms with van der Waals surface area (Å²) in [6, 6.07) is 1.46. The summed E-state index contributed by atoms with van der Waals surface area (Å²) >= 11 is 1.27. The van der Waals surface area contributed by atoms with Crippen molar-refractivity contribution in [1.82, 2.24) is 0 Å². The summed E-state index contributed by atoms with van der Waals surface area (Å²) in [5.41, 5.74) is 0.0608. The molecule has 0 bridgehead atoms. The first-order valence-corrected chi connectivity index (χ1v) is 7.78. The molecule has 0 amide bonds. The highest BCUT2D eigenvalue weighted by Gasteiger charge is 2.28. The summed E-state index contributed by atoms with van der Waals surface area (Å²) in [6.07, 6.45) is 0.953. The number of rotatable bonds is 6. The third-order valence-corrected chi connectivity index (χ3v) is 4.85. The number of aliphatic hydroxyl groups excluding tert-OH is 2. The maximum Gasteiger partial charge on any atom is 0.304 e. The number of hydrogen-bond acceptors (Lipinski definition) is 7. The highest BCUT2D eigenvalue weighted by Crippen LogP contribution is 2.41. The topological polar surface area (TPSA) is 96.1 Å². The molecule has 0 aromatic carbocycles. The van der Waals surface area contributed by atoms with Crippen LogP contribution in [0.15, 0.2) is 6.07 Å². The van der Waals surface area contributed by atoms with Gasteiger partial charge in [-0.05, 0) is 19.8 Å². The summed E-state index contributed by atoms with van der Waals surface area (Å²) in [7, 11) is 0. The van der Waals surface area contributed by atoms with Crippen LogP contribution in [0.2, 0.25) is 0 Å². The second-order valence-corrected chi connectivity index (χ2v) is 6.12. The lowest BCUT2D eigenvalue weighted by atomic mass is 10.1. The molecule has 2 rings (SSSR count). The Morgan fingerprint density at radius 2 is 2.24 bits per heavy atom. The Balaban J connectivity index is 2.07. The molecule has 1 aliphatic heterocycles. The van der Waals surface area contributed by atoms with E-state index in [9.17, 15) is 15.2 Å². The smallest absolute Gasteiger partial charge is 0.304 e. The van der Waals surface area contributed by atoms with Crippen LogP contribution in [0.4, 0.5) is 10.7 Å². The van der Waals surface area contributed by atoms with Crippen molar-refractivity contribution in [3.63, 3.8) is 0 Å². The summed E-state index contributed by atoms with van der Waals surface area (Å²) in [6.45, 7) is 3.30. The van der Waals surface area contributed by atoms with Gasteiger partial charge in [-0.3, -0.25) is 10.1 Å². The molecular formula is C13H20N2O5S. The predicted molar refractivity (Wildman–Crippen MR) is 79.9 cm³/mol. The average molecular weight is 316 g/mol. The fraction of sp³-hybridized carbons (Fsp3) is 0.692. The normalized spacial score (nSPS) is 18.0. The molecule has 1 atom stereocenters. The zero-order valence-corrected chi connectivity index (χ0v) is 12.7. The van der Waals surface area contributed by atoms with E-state index in [1.54, 1.807) is 6.92 Å². The van der Waals surface area contributed by atoms with Crippen molar-refractivity contribution in [2.45, 2.75) is 32.0 Å². The lowest BCUT2D eigenvalue weighted by Crippen LogP contribution is -2.37. The molecule has 7 nitrogen and oxygen atoms in total. The molecule has 21 heavy (non-hydrogen) atoms. The summed E-state index contributed by atoms with van der Waals surface area (Å²) in [5, 5.41) is 30.1. The molecule has 1 aliphatic rings. The van der Waals surface area contributed by atoms with Gasteiger partial charge in [-0.25, -0.2) is 0 Å². The van der Waals surface area contributed by atoms with Crippen LogP contribution in [0.3, 0.4) is 0 Å². The highest BCUT2D eigenvalue weighted by atomic mass is 32.1. The van der Waals surface area contributed by atoms with Gasteiger partial charge in [0.15, 0.2) is 5.00 Å². The molecule has 2 N–H and O–H groups in total. The number of piperidine rings is 1. The maximum absolute atomic E-state index is 11.2. The first-order chi connectivity index (χ1) is 10.0. The number of nitrogens with zero attached hydrogens (tertiary/aromatic N) is 2. The van der Waals surface area contributed by atoms with Crippen LogP contribution < -0.4 is 4.90 Å². The quantitative estimate of drug-likeness (QED) is 0.612. The van der Waals surface area contributed by atoms with Crippen molar-refractivity contribution >= 4 is 22.0 Å². The average Bonchev–Trinajstić information content (AvgIpc) is 2.91. The summed E-state index contributed by atoms with van der Waals surface area (Å²) in [4.78, 5) is 13.3. The van der Waals surface area contributed by atoms with E-state index in [1.165, 1.54) is 17.4 Å². The monoisotopic (exact) mass is 316 g/mol. The Bertz CT molecular complexity index is 483. The van der Waals surface area contributed by atoms with Crippen LogP contribution in [0.5, 0.6) is 0 Å². The van der Waals surface area contributed by atoms with Gasteiger partial charge in [-0.1, -0.05) is 0 Å². The third-order valence-electron chi connectivity index (χ3n) is 3.50. The van der Waals surface area contributed by atoms with E-state index in [0.29, 0.717) is 29.6 Å². The van der Waals surface area contributed by atoms with Crippen LogP contribution in [0.25, 0.3) is 0 Å². The van der Waals surface area contributed by atoms with Crippen molar-refractivity contribution in [2.75, 3.05) is 31.2 Å². The van der Waals surface area contributed by atoms with E-state index in [2.05, 4.69) is 0 Å². The van der Waals surface area contributed by atoms with Crippen LogP contribution in [0, 0.1) is 10.1 Å². The van der Waals surface area contributed by atoms with Crippen molar-refractivity contribution in [3.8, 4) is 0 Å². The van der Waals surface area contributed by atoms with Crippen LogP contribution in [-0.4, -0.2) is 47.5 Å². The third kappa shape index (κ3) is 3.91. The van der Waals surface area contributed by atoms with E-state index in [0.717, 1.165) is 12.8 Å². The highest BCUT2D eigenvalue weighted by molar-refractivity contribution is 7.16. The van der Waals surface area contributed by atoms with E-state index >= 15 is 0 Å². The van der Waals surface area contributed by atoms with Gasteiger partial charge in [0.05, 0.1) is 30.3 Å². The molecular weight excluding hydrogens is 296 g/mol. The van der Waals surface area contributed by atoms with Gasteiger partial charge in [-0.15, -0.1) is 11.3 Å². The van der Waals surface area contributed by atoms with Crippen LogP contribution in [-0.2, 0) is 4.74 Å². The molecule has 0 radical (unpaired) electrons. The molecule has 0 saturated carbocycles. The van der Waals surface area contributed by atoms with E-state index in [1.807, 2.05) is 4.90 Å². The first kappa shape index (κ1) is 16.2. The number of nitro groups is 1. The second-order valence-electron chi connectivity index (χ2n) is 5.05. The molecule has 1 aromatic rings. The van der Waals surface area contributed by atoms with E-state index < -0.39 is 11.0 Å². The standard InChI is InChI=1S/C13H20N2O5S/c1-9(17)12-8-11(15(18)19)13(21-12)14-4-2-10(3-5-14)20-7-6-16/h8-10,16-17H,2-7H2,1H3. The number of aliphatic hydroxyl groups is 2. The minimum absolute atomic E-state index is 0.00829. The van der Waals surface area contributed by atoms with Gasteiger partial charge in [0.25, 0.3) is 0 Å². The largest absolute Gasteiger partial charge is 0.394 e. The fourth-order valence-electron chi connectivity index (χ4n) is 2.40. The van der Waals surface area contributed by atoms with Gasteiger partial charge in [0.2, 0.25) is 0 Å². The van der Waals surface area contributed by atoms with Crippen LogP contribution >= 0.6 is 11.3 Å². The van der Waals surface area contributed by atoms with Gasteiger partial charge >= 0.3 is 5.69 Å². The predicted octanol–water partition coefficient (Wildman–Crippen LogP) is 1.69. The SMILES string of the molecule is CC(O)c1cc([N+](=O)[O-])c(N2CCC(OCCO)CC2)s1. The van der Waals surface area contributed by atoms with Crippen LogP contribution in [0.1, 0.15) is 30.7 Å². The van der Waals surface area contributed by atoms with Crippen molar-refractivity contribution < 1.29 is 19.9 Å². The zero-order valence-electron chi connectivity index (χ0n) is 11.9. The number of anilines is 1. The summed E-state index contributed by atoms with van der Waals surface area (Å²) in [5.74, 6) is 0. The number of hydrogen-bond donors (Lipinski definition) is 2. The van der Waals surface area contributed by atoms with Gasteiger partial charge < -0.3 is 19.8 Å². The van der Waals surface area contributed by atoms with Crippen molar-refractivity contribution in [1.29, 1.82) is 0 Å². The minimum atomic E-state index is -0.701. The molecule has 1 fully saturated rings. The van der Waals surface area contributed by atoms with Crippen molar-refractivity contribution in [3.05, 3.63) is 21.1 Å². The molecule has 1 aromatic heterocycles. The molecule has 8 heteroatoms. The van der Waals surface area contributed by atoms with Gasteiger partial charge in [0, 0.05) is 24.0 Å². The first-order valence-electron chi connectivity index (χ1n) is 6.96. The number of ether oxygens (including phenoxy) is 1. The lowest BCUT2D eigenvalue weighted by Gasteiger charge is -2.32. The molecule has 1 saturated heterocycles. The zero-order chi connectivity index (χ0) is 15.4. The number of thiophene rings is 1. The molecule has 2 heterocycles. The molecule has 0 aliphatic carbocycles. The lowest BCUT2D eigenvalue weighted by molar-refractivity contribution is -0.383. The van der Waals surface area contributed by atoms with E-state index in [-0.39, 0.29) is 18.4 Å². The Morgan fingerprint density at radius 3 is 2.76 bits per heavy atom. The molecule has 118 valence electrons. The second kappa shape index (κ2) is 7.17. The maximum atomic E-state index is 11.2. The summed E-state index contributed by atoms with van der Waals surface area (Å²) < 4.78 is 5.49.